The van der Waals surface area contributed by atoms with E-state index in [0.29, 0.717) is 18.6 Å². The van der Waals surface area contributed by atoms with Gasteiger partial charge in [-0.15, -0.1) is 5.10 Å². The average Bonchev–Trinajstić information content (AvgIpc) is 3.48. The van der Waals surface area contributed by atoms with E-state index in [4.69, 9.17) is 4.98 Å². The number of carbonyl (C=O) groups is 1. The van der Waals surface area contributed by atoms with Crippen LogP contribution in [0.5, 0.6) is 0 Å². The minimum absolute atomic E-state index is 0.0972. The second kappa shape index (κ2) is 9.50. The van der Waals surface area contributed by atoms with E-state index in [0.717, 1.165) is 22.5 Å². The van der Waals surface area contributed by atoms with E-state index in [1.165, 1.54) is 18.6 Å². The van der Waals surface area contributed by atoms with Crippen molar-refractivity contribution in [1.82, 2.24) is 24.1 Å². The molecule has 5 aromatic rings. The van der Waals surface area contributed by atoms with Crippen LogP contribution in [0.25, 0.3) is 5.65 Å². The highest BCUT2D eigenvalue weighted by atomic mass is 19.1. The Morgan fingerprint density at radius 1 is 1.03 bits per heavy atom. The lowest BCUT2D eigenvalue weighted by Crippen LogP contribution is -2.16. The van der Waals surface area contributed by atoms with Crippen molar-refractivity contribution < 1.29 is 9.18 Å². The summed E-state index contributed by atoms with van der Waals surface area (Å²) in [7, 11) is 0. The van der Waals surface area contributed by atoms with Crippen molar-refractivity contribution in [2.45, 2.75) is 32.7 Å². The van der Waals surface area contributed by atoms with E-state index >= 15 is 4.39 Å². The van der Waals surface area contributed by atoms with Gasteiger partial charge in [0, 0.05) is 24.5 Å². The lowest BCUT2D eigenvalue weighted by atomic mass is 9.87. The number of halogens is 1. The summed E-state index contributed by atoms with van der Waals surface area (Å²) in [6.45, 7) is 4.56. The molecule has 3 aromatic heterocycles. The molecule has 0 aliphatic heterocycles. The zero-order chi connectivity index (χ0) is 24.4. The van der Waals surface area contributed by atoms with Crippen LogP contribution in [-0.2, 0) is 13.0 Å². The third kappa shape index (κ3) is 4.30. The second-order valence-corrected chi connectivity index (χ2v) is 8.19. The molecule has 0 aliphatic rings. The number of pyridine rings is 1. The zero-order valence-corrected chi connectivity index (χ0v) is 19.5. The minimum atomic E-state index is -0.653. The normalized spacial score (nSPS) is 11.3. The highest BCUT2D eigenvalue weighted by Gasteiger charge is 2.25. The highest BCUT2D eigenvalue weighted by Crippen LogP contribution is 2.34. The summed E-state index contributed by atoms with van der Waals surface area (Å²) < 4.78 is 18.5. The van der Waals surface area contributed by atoms with E-state index in [1.54, 1.807) is 4.68 Å². The summed E-state index contributed by atoms with van der Waals surface area (Å²) in [4.78, 5) is 21.8. The van der Waals surface area contributed by atoms with Crippen LogP contribution in [0.2, 0.25) is 0 Å². The van der Waals surface area contributed by atoms with Gasteiger partial charge in [0.2, 0.25) is 5.95 Å². The van der Waals surface area contributed by atoms with Gasteiger partial charge in [-0.25, -0.2) is 14.4 Å². The molecular formula is C27H25FN6O. The quantitative estimate of drug-likeness (QED) is 0.361. The van der Waals surface area contributed by atoms with Crippen molar-refractivity contribution >= 4 is 17.5 Å². The zero-order valence-electron chi connectivity index (χ0n) is 19.5. The smallest absolute Gasteiger partial charge is 0.262 e. The van der Waals surface area contributed by atoms with Crippen LogP contribution in [0.4, 0.5) is 10.3 Å². The summed E-state index contributed by atoms with van der Waals surface area (Å²) in [6.07, 6.45) is 3.68. The summed E-state index contributed by atoms with van der Waals surface area (Å²) in [6, 6.07) is 21.6. The number of nitrogens with one attached hydrogen (secondary N) is 1. The Morgan fingerprint density at radius 2 is 1.69 bits per heavy atom. The lowest BCUT2D eigenvalue weighted by Gasteiger charge is -2.18. The van der Waals surface area contributed by atoms with Crippen LogP contribution >= 0.6 is 0 Å². The van der Waals surface area contributed by atoms with E-state index in [2.05, 4.69) is 39.7 Å². The van der Waals surface area contributed by atoms with Crippen molar-refractivity contribution in [3.8, 4) is 0 Å². The summed E-state index contributed by atoms with van der Waals surface area (Å²) in [5.41, 5.74) is 4.29. The second-order valence-electron chi connectivity index (χ2n) is 8.19. The van der Waals surface area contributed by atoms with E-state index < -0.39 is 11.7 Å². The molecule has 35 heavy (non-hydrogen) atoms. The van der Waals surface area contributed by atoms with Crippen LogP contribution in [0.15, 0.2) is 79.3 Å². The van der Waals surface area contributed by atoms with Gasteiger partial charge in [0.1, 0.15) is 17.8 Å². The molecule has 2 aromatic carbocycles. The molecular weight excluding hydrogens is 443 g/mol. The summed E-state index contributed by atoms with van der Waals surface area (Å²) >= 11 is 0. The Hall–Kier alpha value is -4.33. The van der Waals surface area contributed by atoms with Gasteiger partial charge >= 0.3 is 0 Å². The maximum absolute atomic E-state index is 15.1. The molecule has 5 rings (SSSR count). The number of rotatable bonds is 7. The first-order chi connectivity index (χ1) is 17.1. The number of imidazole rings is 1. The molecule has 0 radical (unpaired) electrons. The van der Waals surface area contributed by atoms with Crippen molar-refractivity contribution in [3.63, 3.8) is 0 Å². The Labute approximate surface area is 202 Å². The topological polar surface area (TPSA) is 77.1 Å². The van der Waals surface area contributed by atoms with Crippen LogP contribution < -0.4 is 5.32 Å². The summed E-state index contributed by atoms with van der Waals surface area (Å²) in [5.74, 6) is -1.26. The molecule has 0 saturated heterocycles. The molecule has 0 bridgehead atoms. The number of fused-ring (bicyclic) bond motifs is 1. The third-order valence-corrected chi connectivity index (χ3v) is 6.04. The molecule has 0 atom stereocenters. The Balaban J connectivity index is 1.61. The van der Waals surface area contributed by atoms with E-state index in [9.17, 15) is 4.79 Å². The predicted molar refractivity (Wildman–Crippen MR) is 132 cm³/mol. The largest absolute Gasteiger partial charge is 0.303 e. The van der Waals surface area contributed by atoms with Gasteiger partial charge in [0.05, 0.1) is 17.2 Å². The molecule has 0 spiro atoms. The number of anilines is 1. The first kappa shape index (κ1) is 22.5. The van der Waals surface area contributed by atoms with Crippen LogP contribution in [0.1, 0.15) is 52.6 Å². The van der Waals surface area contributed by atoms with Gasteiger partial charge in [0.25, 0.3) is 5.91 Å². The molecule has 0 fully saturated rings. The van der Waals surface area contributed by atoms with Gasteiger partial charge in [-0.2, -0.15) is 0 Å². The van der Waals surface area contributed by atoms with Crippen molar-refractivity contribution in [2.75, 3.05) is 5.32 Å². The first-order valence-electron chi connectivity index (χ1n) is 11.6. The monoisotopic (exact) mass is 468 g/mol. The Bertz CT molecular complexity index is 1440. The van der Waals surface area contributed by atoms with Gasteiger partial charge < -0.3 is 4.40 Å². The van der Waals surface area contributed by atoms with Crippen molar-refractivity contribution in [2.24, 2.45) is 0 Å². The molecule has 1 amide bonds. The third-order valence-electron chi connectivity index (χ3n) is 6.04. The number of carbonyl (C=O) groups excluding carboxylic acids is 1. The number of amides is 1. The number of aryl methyl sites for hydroxylation is 2. The van der Waals surface area contributed by atoms with Gasteiger partial charge in [-0.05, 0) is 24.5 Å². The number of benzene rings is 2. The fourth-order valence-corrected chi connectivity index (χ4v) is 4.35. The van der Waals surface area contributed by atoms with Crippen molar-refractivity contribution in [3.05, 3.63) is 113 Å². The predicted octanol–water partition coefficient (Wildman–Crippen LogP) is 5.08. The molecule has 176 valence electrons. The van der Waals surface area contributed by atoms with Gasteiger partial charge in [0.15, 0.2) is 0 Å². The standard InChI is InChI=1S/C27H25FN6O/c1-3-22-25(24(18-11-7-5-8-12-18)19-13-9-6-10-14-19)30-23-15-21(28)20(16-34(22)23)26(35)31-27-29-17-33(4-2)32-27/h5-17,24H,3-4H2,1-2H3,(H,31,32,35). The molecule has 1 N–H and O–H groups in total. The molecule has 3 heterocycles. The number of nitrogens with zero attached hydrogens (tertiary/aromatic N) is 5. The fraction of sp³-hybridized carbons (Fsp3) is 0.185. The average molecular weight is 469 g/mol. The summed E-state index contributed by atoms with van der Waals surface area (Å²) in [5, 5.41) is 6.73. The van der Waals surface area contributed by atoms with E-state index in [-0.39, 0.29) is 17.4 Å². The van der Waals surface area contributed by atoms with Gasteiger partial charge in [-0.1, -0.05) is 67.6 Å². The fourth-order valence-electron chi connectivity index (χ4n) is 4.35. The minimum Gasteiger partial charge on any atom is -0.303 e. The number of aromatic nitrogens is 5. The molecule has 0 saturated carbocycles. The lowest BCUT2D eigenvalue weighted by molar-refractivity contribution is 0.102. The maximum atomic E-state index is 15.1. The van der Waals surface area contributed by atoms with Crippen LogP contribution in [-0.4, -0.2) is 30.1 Å². The van der Waals surface area contributed by atoms with E-state index in [1.807, 2.05) is 54.6 Å². The number of hydrogen-bond donors (Lipinski definition) is 1. The first-order valence-corrected chi connectivity index (χ1v) is 11.6. The van der Waals surface area contributed by atoms with Crippen LogP contribution in [0.3, 0.4) is 0 Å². The Morgan fingerprint density at radius 3 is 2.26 bits per heavy atom. The SMILES string of the molecule is CCc1c(C(c2ccccc2)c2ccccc2)nc2cc(F)c(C(=O)Nc3ncn(CC)n3)cn12. The molecule has 0 unspecified atom stereocenters. The molecule has 0 aliphatic carbocycles. The number of hydrogen-bond acceptors (Lipinski definition) is 4. The highest BCUT2D eigenvalue weighted by molar-refractivity contribution is 6.03. The van der Waals surface area contributed by atoms with Gasteiger partial charge in [-0.3, -0.25) is 14.8 Å². The maximum Gasteiger partial charge on any atom is 0.262 e. The molecule has 8 heteroatoms. The molecule has 7 nitrogen and oxygen atoms in total. The van der Waals surface area contributed by atoms with Crippen LogP contribution in [0, 0.1) is 5.82 Å². The van der Waals surface area contributed by atoms with Crippen molar-refractivity contribution in [1.29, 1.82) is 0 Å². The Kier molecular flexibility index (Phi) is 6.10.